The number of non-ortho nitro benzene ring substituents is 1. The summed E-state index contributed by atoms with van der Waals surface area (Å²) < 4.78 is 0. The van der Waals surface area contributed by atoms with E-state index in [2.05, 4.69) is 14.9 Å². The Hall–Kier alpha value is -1.82. The number of hydrogen-bond donors (Lipinski definition) is 1. The fourth-order valence-corrected chi connectivity index (χ4v) is 2.83. The minimum atomic E-state index is -0.405. The second kappa shape index (κ2) is 4.70. The second-order valence-corrected chi connectivity index (χ2v) is 4.97. The lowest BCUT2D eigenvalue weighted by molar-refractivity contribution is -0.384. The van der Waals surface area contributed by atoms with Crippen LogP contribution >= 0.6 is 11.6 Å². The number of nitrogens with one attached hydrogen (secondary N) is 1. The van der Waals surface area contributed by atoms with Crippen LogP contribution in [0.25, 0.3) is 11.0 Å². The van der Waals surface area contributed by atoms with Gasteiger partial charge in [0.05, 0.1) is 16.0 Å². The van der Waals surface area contributed by atoms with Gasteiger partial charge in [-0.3, -0.25) is 10.1 Å². The molecule has 0 amide bonds. The number of nitro groups is 1. The average Bonchev–Trinajstić information content (AvgIpc) is 3.03. The summed E-state index contributed by atoms with van der Waals surface area (Å²) in [5, 5.41) is 10.7. The Kier molecular flexibility index (Phi) is 3.02. The highest BCUT2D eigenvalue weighted by atomic mass is 35.5. The van der Waals surface area contributed by atoms with Crippen LogP contribution < -0.4 is 4.90 Å². The summed E-state index contributed by atoms with van der Waals surface area (Å²) in [4.78, 5) is 20.1. The lowest BCUT2D eigenvalue weighted by Gasteiger charge is -2.21. The van der Waals surface area contributed by atoms with Crippen LogP contribution in [0.2, 0.25) is 0 Å². The van der Waals surface area contributed by atoms with E-state index in [0.29, 0.717) is 11.4 Å². The van der Waals surface area contributed by atoms with Crippen LogP contribution in [0.15, 0.2) is 18.2 Å². The number of rotatable bonds is 3. The molecular weight excluding hydrogens is 268 g/mol. The first kappa shape index (κ1) is 12.2. The van der Waals surface area contributed by atoms with E-state index in [9.17, 15) is 10.1 Å². The normalized spacial score (nSPS) is 19.2. The number of halogens is 1. The summed E-state index contributed by atoms with van der Waals surface area (Å²) in [7, 11) is 0. The average molecular weight is 281 g/mol. The number of H-pyrrole nitrogens is 1. The molecule has 6 nitrogen and oxygen atoms in total. The second-order valence-electron chi connectivity index (χ2n) is 4.66. The van der Waals surface area contributed by atoms with Crippen molar-refractivity contribution < 1.29 is 4.92 Å². The van der Waals surface area contributed by atoms with Crippen molar-refractivity contribution in [2.75, 3.05) is 17.3 Å². The van der Waals surface area contributed by atoms with Crippen LogP contribution in [-0.4, -0.2) is 33.4 Å². The standard InChI is InChI=1S/C12H13ClN4O2/c13-7-9-2-1-5-16(9)12-14-10-4-3-8(17(18)19)6-11(10)15-12/h3-4,6,9H,1-2,5,7H2,(H,14,15). The number of aromatic nitrogens is 2. The fourth-order valence-electron chi connectivity index (χ4n) is 2.51. The fraction of sp³-hybridized carbons (Fsp3) is 0.417. The van der Waals surface area contributed by atoms with Crippen molar-refractivity contribution in [1.29, 1.82) is 0 Å². The Morgan fingerprint density at radius 3 is 3.16 bits per heavy atom. The third-order valence-electron chi connectivity index (χ3n) is 3.49. The predicted molar refractivity (Wildman–Crippen MR) is 73.8 cm³/mol. The third kappa shape index (κ3) is 2.12. The van der Waals surface area contributed by atoms with E-state index in [1.54, 1.807) is 6.07 Å². The highest BCUT2D eigenvalue weighted by Gasteiger charge is 2.26. The first-order chi connectivity index (χ1) is 9.19. The number of imidazole rings is 1. The molecule has 1 saturated heterocycles. The van der Waals surface area contributed by atoms with Gasteiger partial charge in [0.15, 0.2) is 0 Å². The molecule has 1 N–H and O–H groups in total. The summed E-state index contributed by atoms with van der Waals surface area (Å²) in [6.07, 6.45) is 2.15. The largest absolute Gasteiger partial charge is 0.338 e. The zero-order valence-electron chi connectivity index (χ0n) is 10.2. The molecule has 1 aliphatic rings. The third-order valence-corrected chi connectivity index (χ3v) is 3.85. The Bertz CT molecular complexity index is 627. The van der Waals surface area contributed by atoms with E-state index >= 15 is 0 Å². The molecule has 7 heteroatoms. The van der Waals surface area contributed by atoms with Crippen molar-refractivity contribution in [3.63, 3.8) is 0 Å². The number of aromatic amines is 1. The monoisotopic (exact) mass is 280 g/mol. The maximum Gasteiger partial charge on any atom is 0.271 e. The number of nitro benzene ring substituents is 1. The lowest BCUT2D eigenvalue weighted by atomic mass is 10.2. The molecule has 0 bridgehead atoms. The molecule has 0 spiro atoms. The lowest BCUT2D eigenvalue weighted by Crippen LogP contribution is -2.31. The number of hydrogen-bond acceptors (Lipinski definition) is 4. The first-order valence-corrected chi connectivity index (χ1v) is 6.69. The maximum atomic E-state index is 10.7. The van der Waals surface area contributed by atoms with Crippen LogP contribution in [0.4, 0.5) is 11.6 Å². The Labute approximate surface area is 114 Å². The van der Waals surface area contributed by atoms with Crippen molar-refractivity contribution in [2.45, 2.75) is 18.9 Å². The van der Waals surface area contributed by atoms with Crippen LogP contribution in [0, 0.1) is 10.1 Å². The molecule has 2 aromatic rings. The van der Waals surface area contributed by atoms with Crippen LogP contribution in [0.3, 0.4) is 0 Å². The smallest absolute Gasteiger partial charge is 0.271 e. The highest BCUT2D eigenvalue weighted by Crippen LogP contribution is 2.27. The van der Waals surface area contributed by atoms with Gasteiger partial charge in [0.2, 0.25) is 5.95 Å². The van der Waals surface area contributed by atoms with E-state index in [0.717, 1.165) is 30.9 Å². The molecular formula is C12H13ClN4O2. The first-order valence-electron chi connectivity index (χ1n) is 6.16. The number of alkyl halides is 1. The maximum absolute atomic E-state index is 10.7. The minimum absolute atomic E-state index is 0.0676. The van der Waals surface area contributed by atoms with Crippen LogP contribution in [-0.2, 0) is 0 Å². The van der Waals surface area contributed by atoms with E-state index in [1.807, 2.05) is 0 Å². The Balaban J connectivity index is 1.99. The van der Waals surface area contributed by atoms with Gasteiger partial charge in [0, 0.05) is 30.6 Å². The molecule has 0 radical (unpaired) electrons. The predicted octanol–water partition coefficient (Wildman–Crippen LogP) is 2.68. The van der Waals surface area contributed by atoms with Gasteiger partial charge in [-0.25, -0.2) is 4.98 Å². The van der Waals surface area contributed by atoms with Gasteiger partial charge < -0.3 is 9.88 Å². The molecule has 3 rings (SSSR count). The molecule has 0 aliphatic carbocycles. The van der Waals surface area contributed by atoms with Crippen molar-refractivity contribution in [3.8, 4) is 0 Å². The molecule has 1 atom stereocenters. The Morgan fingerprint density at radius 2 is 2.42 bits per heavy atom. The molecule has 1 fully saturated rings. The van der Waals surface area contributed by atoms with Crippen molar-refractivity contribution in [2.24, 2.45) is 0 Å². The van der Waals surface area contributed by atoms with E-state index in [1.165, 1.54) is 12.1 Å². The van der Waals surface area contributed by atoms with Crippen molar-refractivity contribution in [3.05, 3.63) is 28.3 Å². The highest BCUT2D eigenvalue weighted by molar-refractivity contribution is 6.18. The molecule has 0 saturated carbocycles. The number of anilines is 1. The molecule has 1 aromatic heterocycles. The molecule has 1 aliphatic heterocycles. The molecule has 1 unspecified atom stereocenters. The molecule has 2 heterocycles. The number of nitrogens with zero attached hydrogens (tertiary/aromatic N) is 3. The zero-order valence-corrected chi connectivity index (χ0v) is 10.9. The SMILES string of the molecule is O=[N+]([O-])c1ccc2nc(N3CCCC3CCl)[nH]c2c1. The minimum Gasteiger partial charge on any atom is -0.338 e. The summed E-state index contributed by atoms with van der Waals surface area (Å²) in [5.74, 6) is 1.32. The van der Waals surface area contributed by atoms with E-state index in [-0.39, 0.29) is 11.7 Å². The summed E-state index contributed by atoms with van der Waals surface area (Å²) in [6, 6.07) is 4.93. The number of fused-ring (bicyclic) bond motifs is 1. The van der Waals surface area contributed by atoms with Gasteiger partial charge in [-0.15, -0.1) is 11.6 Å². The quantitative estimate of drug-likeness (QED) is 0.533. The summed E-state index contributed by atoms with van der Waals surface area (Å²) >= 11 is 5.95. The van der Waals surface area contributed by atoms with Gasteiger partial charge in [0.1, 0.15) is 0 Å². The zero-order chi connectivity index (χ0) is 13.4. The number of benzene rings is 1. The van der Waals surface area contributed by atoms with Gasteiger partial charge in [-0.2, -0.15) is 0 Å². The summed E-state index contributed by atoms with van der Waals surface area (Å²) in [6.45, 7) is 0.916. The van der Waals surface area contributed by atoms with Crippen LogP contribution in [0.5, 0.6) is 0 Å². The van der Waals surface area contributed by atoms with Crippen molar-refractivity contribution in [1.82, 2.24) is 9.97 Å². The van der Waals surface area contributed by atoms with Gasteiger partial charge in [-0.1, -0.05) is 0 Å². The Morgan fingerprint density at radius 1 is 1.58 bits per heavy atom. The van der Waals surface area contributed by atoms with Gasteiger partial charge >= 0.3 is 0 Å². The molecule has 1 aromatic carbocycles. The van der Waals surface area contributed by atoms with Crippen molar-refractivity contribution >= 4 is 34.3 Å². The topological polar surface area (TPSA) is 75.1 Å². The van der Waals surface area contributed by atoms with Gasteiger partial charge in [-0.05, 0) is 18.9 Å². The van der Waals surface area contributed by atoms with Crippen LogP contribution in [0.1, 0.15) is 12.8 Å². The van der Waals surface area contributed by atoms with E-state index in [4.69, 9.17) is 11.6 Å². The molecule has 100 valence electrons. The van der Waals surface area contributed by atoms with Gasteiger partial charge in [0.25, 0.3) is 5.69 Å². The van der Waals surface area contributed by atoms with E-state index < -0.39 is 4.92 Å². The molecule has 19 heavy (non-hydrogen) atoms. The summed E-state index contributed by atoms with van der Waals surface area (Å²) in [5.41, 5.74) is 1.49.